The quantitative estimate of drug-likeness (QED) is 0.0618. The molecule has 3 amide bonds. The number of aromatic amines is 2. The van der Waals surface area contributed by atoms with Crippen LogP contribution in [0, 0.1) is 11.8 Å². The van der Waals surface area contributed by atoms with Gasteiger partial charge in [-0.05, 0) is 178 Å². The van der Waals surface area contributed by atoms with E-state index in [2.05, 4.69) is 119 Å². The first-order valence-electron chi connectivity index (χ1n) is 28.6. The van der Waals surface area contributed by atoms with Crippen LogP contribution >= 0.6 is 12.4 Å². The number of halogens is 1. The fourth-order valence-corrected chi connectivity index (χ4v) is 12.2. The fraction of sp³-hybridized carbons (Fsp3) is 0.328. The Morgan fingerprint density at radius 3 is 1.73 bits per heavy atom. The first-order chi connectivity index (χ1) is 39.2. The highest BCUT2D eigenvalue weighted by molar-refractivity contribution is 6.18. The molecule has 15 heteroatoms. The summed E-state index contributed by atoms with van der Waals surface area (Å²) >= 11 is 0. The van der Waals surface area contributed by atoms with Crippen molar-refractivity contribution in [1.29, 1.82) is 0 Å². The summed E-state index contributed by atoms with van der Waals surface area (Å²) in [4.78, 5) is 63.7. The summed E-state index contributed by atoms with van der Waals surface area (Å²) in [7, 11) is 1.38. The molecule has 82 heavy (non-hydrogen) atoms. The summed E-state index contributed by atoms with van der Waals surface area (Å²) in [6.45, 7) is 8.98. The van der Waals surface area contributed by atoms with Gasteiger partial charge in [0.1, 0.15) is 0 Å². The molecule has 0 bridgehead atoms. The minimum atomic E-state index is -0.428. The van der Waals surface area contributed by atoms with Crippen molar-refractivity contribution < 1.29 is 23.9 Å². The lowest BCUT2D eigenvalue weighted by molar-refractivity contribution is -0.118. The normalized spacial score (nSPS) is 19.5. The number of nitrogens with zero attached hydrogens (tertiary/aromatic N) is 3. The molecule has 4 aliphatic heterocycles. The molecule has 4 atom stereocenters. The summed E-state index contributed by atoms with van der Waals surface area (Å²) in [6, 6.07) is 46.7. The Hall–Kier alpha value is -7.88. The van der Waals surface area contributed by atoms with E-state index in [1.807, 2.05) is 54.6 Å². The van der Waals surface area contributed by atoms with E-state index in [-0.39, 0.29) is 61.2 Å². The van der Waals surface area contributed by atoms with E-state index in [1.165, 1.54) is 81.0 Å². The number of fused-ring (bicyclic) bond motifs is 1. The van der Waals surface area contributed by atoms with Crippen LogP contribution in [0.5, 0.6) is 0 Å². The Kier molecular flexibility index (Phi) is 18.1. The number of rotatable bonds is 13. The molecule has 1 unspecified atom stereocenters. The van der Waals surface area contributed by atoms with Crippen molar-refractivity contribution in [1.82, 2.24) is 30.5 Å². The van der Waals surface area contributed by atoms with Gasteiger partial charge in [-0.15, -0.1) is 12.4 Å². The molecular weight excluding hydrogens is 1050 g/mol. The second kappa shape index (κ2) is 25.9. The van der Waals surface area contributed by atoms with Crippen LogP contribution in [-0.4, -0.2) is 96.1 Å². The summed E-state index contributed by atoms with van der Waals surface area (Å²) in [6.07, 6.45) is 11.2. The smallest absolute Gasteiger partial charge is 0.338 e. The molecule has 0 spiro atoms. The highest BCUT2D eigenvalue weighted by atomic mass is 35.5. The fourth-order valence-electron chi connectivity index (χ4n) is 12.2. The highest BCUT2D eigenvalue weighted by Gasteiger charge is 2.45. The van der Waals surface area contributed by atoms with Gasteiger partial charge < -0.3 is 30.7 Å². The van der Waals surface area contributed by atoms with E-state index in [4.69, 9.17) is 4.74 Å². The number of carbonyl (C=O) groups excluding carboxylic acids is 4. The molecule has 14 rings (SSSR count). The van der Waals surface area contributed by atoms with Crippen LogP contribution < -0.4 is 21.4 Å². The van der Waals surface area contributed by atoms with E-state index in [0.29, 0.717) is 22.5 Å². The summed E-state index contributed by atoms with van der Waals surface area (Å²) in [5, 5.41) is 15.1. The largest absolute Gasteiger partial charge is 0.465 e. The monoisotopic (exact) mass is 1120 g/mol. The zero-order chi connectivity index (χ0) is 54.5. The molecule has 6 aliphatic rings. The summed E-state index contributed by atoms with van der Waals surface area (Å²) in [5.41, 5.74) is 16.1. The van der Waals surface area contributed by atoms with Gasteiger partial charge in [-0.2, -0.15) is 5.10 Å². The lowest BCUT2D eigenvalue weighted by Crippen LogP contribution is -2.18. The number of benzene rings is 6. The SMILES string of the molecule is C.C1CCNC1.COC(=O)c1cc(NC(=O)C2C[C@H]2c2ccccc2)cc2[nH]c(-c3cccc(CN4CCCC4)c3)cc12.Cl.O=C1NN=Cc2c(-c3cccc(CN4CCCC4)c3)[nH]c3cc(NC(=O)[C@@H]4C[C@H]4c4ccccc4)cc1c23. The van der Waals surface area contributed by atoms with Crippen molar-refractivity contribution in [2.24, 2.45) is 16.9 Å². The second-order valence-electron chi connectivity index (χ2n) is 22.2. The molecule has 3 saturated heterocycles. The van der Waals surface area contributed by atoms with Gasteiger partial charge in [0.05, 0.1) is 30.1 Å². The van der Waals surface area contributed by atoms with Crippen LogP contribution in [-0.2, 0) is 27.4 Å². The van der Waals surface area contributed by atoms with Gasteiger partial charge in [-0.25, -0.2) is 10.2 Å². The molecule has 2 saturated carbocycles. The molecule has 0 radical (unpaired) electrons. The number of esters is 1. The first kappa shape index (κ1) is 57.4. The summed E-state index contributed by atoms with van der Waals surface area (Å²) in [5.74, 6) is -0.381. The predicted molar refractivity (Wildman–Crippen MR) is 331 cm³/mol. The van der Waals surface area contributed by atoms with Gasteiger partial charge in [-0.3, -0.25) is 24.2 Å². The number of anilines is 2. The van der Waals surface area contributed by atoms with E-state index < -0.39 is 5.97 Å². The number of hydrogen-bond acceptors (Lipinski definition) is 9. The molecule has 424 valence electrons. The van der Waals surface area contributed by atoms with Gasteiger partial charge in [-0.1, -0.05) is 104 Å². The third kappa shape index (κ3) is 13.1. The third-order valence-corrected chi connectivity index (χ3v) is 16.5. The average Bonchev–Trinajstić information content (AvgIpc) is 3.99. The molecule has 14 nitrogen and oxygen atoms in total. The highest BCUT2D eigenvalue weighted by Crippen LogP contribution is 2.49. The van der Waals surface area contributed by atoms with Crippen LogP contribution in [0.2, 0.25) is 0 Å². The van der Waals surface area contributed by atoms with Gasteiger partial charge in [0.2, 0.25) is 11.8 Å². The van der Waals surface area contributed by atoms with Crippen molar-refractivity contribution in [2.75, 3.05) is 57.0 Å². The van der Waals surface area contributed by atoms with Crippen molar-refractivity contribution >= 4 is 75.5 Å². The minimum absolute atomic E-state index is 0. The maximum atomic E-state index is 13.1. The first-order valence-corrected chi connectivity index (χ1v) is 28.6. The van der Waals surface area contributed by atoms with Gasteiger partial charge >= 0.3 is 5.97 Å². The molecule has 6 aromatic carbocycles. The third-order valence-electron chi connectivity index (χ3n) is 16.5. The number of carbonyl (C=O) groups is 4. The Morgan fingerprint density at radius 1 is 0.622 bits per heavy atom. The second-order valence-corrected chi connectivity index (χ2v) is 22.2. The molecular formula is C67H74ClN9O5. The predicted octanol–water partition coefficient (Wildman–Crippen LogP) is 12.6. The molecule has 2 aliphatic carbocycles. The minimum Gasteiger partial charge on any atom is -0.465 e. The number of hydrogen-bond donors (Lipinski definition) is 6. The lowest BCUT2D eigenvalue weighted by atomic mass is 10.0. The Morgan fingerprint density at radius 2 is 1.17 bits per heavy atom. The molecule has 6 heterocycles. The number of hydrazone groups is 1. The van der Waals surface area contributed by atoms with Crippen molar-refractivity contribution in [3.63, 3.8) is 0 Å². The van der Waals surface area contributed by atoms with Crippen LogP contribution in [0.25, 0.3) is 44.3 Å². The van der Waals surface area contributed by atoms with E-state index in [9.17, 15) is 19.2 Å². The maximum absolute atomic E-state index is 13.1. The molecule has 5 fully saturated rings. The maximum Gasteiger partial charge on any atom is 0.338 e. The van der Waals surface area contributed by atoms with Crippen molar-refractivity contribution in [2.45, 2.75) is 83.7 Å². The number of H-pyrrole nitrogens is 2. The van der Waals surface area contributed by atoms with Crippen molar-refractivity contribution in [3.8, 4) is 22.5 Å². The van der Waals surface area contributed by atoms with E-state index in [0.717, 1.165) is 102 Å². The van der Waals surface area contributed by atoms with Gasteiger partial charge in [0.15, 0.2) is 0 Å². The Bertz CT molecular complexity index is 3590. The Balaban J connectivity index is 0.000000165. The summed E-state index contributed by atoms with van der Waals surface area (Å²) < 4.78 is 5.08. The number of aromatic nitrogens is 2. The zero-order valence-electron chi connectivity index (χ0n) is 45.8. The zero-order valence-corrected chi connectivity index (χ0v) is 46.6. The molecule has 6 N–H and O–H groups in total. The standard InChI is InChI=1S/C31H29N5O2.C31H31N3O3.C4H9N.CH4.ClH/c37-30(24-16-23(24)20-8-2-1-3-9-20)33-22-14-25-28-26(17-32-35-31(25)38)29(34-27(28)15-22)21-10-6-7-19(13-21)18-36-11-4-5-12-36;1-37-31(36)27-15-23(32-30(35)26-17-24(26)21-9-3-2-4-10-21)16-29-25(27)18-28(33-29)22-11-7-8-20(14-22)19-34-12-5-6-13-34;1-2-4-5-3-1;;/h1-3,6-10,13-15,17,23-24,34H,4-5,11-12,16,18H2,(H,33,37)(H,35,38);2-4,7-11,14-16,18,24,26,33H,5-6,12-13,17,19H2,1H3,(H,32,35);5H,1-4H2;1H4;1H/t23-,24+;24-,26?;;;/m00.../s1. The van der Waals surface area contributed by atoms with Crippen LogP contribution in [0.15, 0.2) is 145 Å². The van der Waals surface area contributed by atoms with Crippen LogP contribution in [0.3, 0.4) is 0 Å². The van der Waals surface area contributed by atoms with Crippen molar-refractivity contribution in [3.05, 3.63) is 178 Å². The number of ether oxygens (including phenoxy) is 1. The van der Waals surface area contributed by atoms with Gasteiger partial charge in [0.25, 0.3) is 5.91 Å². The number of nitrogens with one attached hydrogen (secondary N) is 6. The average molecular weight is 1120 g/mol. The number of methoxy groups -OCH3 is 1. The van der Waals surface area contributed by atoms with E-state index in [1.54, 1.807) is 18.3 Å². The number of amides is 3. The molecule has 2 aromatic heterocycles. The topological polar surface area (TPSA) is 176 Å². The lowest BCUT2D eigenvalue weighted by Gasteiger charge is -2.15. The molecule has 8 aromatic rings. The number of likely N-dealkylation sites (tertiary alicyclic amines) is 2. The van der Waals surface area contributed by atoms with Crippen LogP contribution in [0.4, 0.5) is 11.4 Å². The van der Waals surface area contributed by atoms with Crippen LogP contribution in [0.1, 0.15) is 119 Å². The Labute approximate surface area is 486 Å². The van der Waals surface area contributed by atoms with E-state index >= 15 is 0 Å². The van der Waals surface area contributed by atoms with Gasteiger partial charge in [0, 0.05) is 69.4 Å².